The summed E-state index contributed by atoms with van der Waals surface area (Å²) < 4.78 is 8.89. The zero-order chi connectivity index (χ0) is 22.1. The first kappa shape index (κ1) is 19.8. The van der Waals surface area contributed by atoms with E-state index in [4.69, 9.17) is 4.74 Å². The van der Waals surface area contributed by atoms with E-state index < -0.39 is 6.09 Å². The minimum Gasteiger partial charge on any atom is -0.390 e. The highest BCUT2D eigenvalue weighted by molar-refractivity contribution is 5.98. The molecule has 2 amide bonds. The standard InChI is InChI=1S/C23H22N6O3/c1-2-29-22(18(14-24-29)21(30)27-10-6-11-27)32-23(31)25-17-9-12-28-15-19(26-20(28)13-17)16-7-4-3-5-8-16/h3-5,7-9,12-15H,2,6,10-11H2,1H3,(H,25,31). The van der Waals surface area contributed by atoms with Crippen LogP contribution in [-0.2, 0) is 6.54 Å². The molecule has 9 heteroatoms. The molecule has 1 aliphatic heterocycles. The molecule has 162 valence electrons. The van der Waals surface area contributed by atoms with E-state index in [-0.39, 0.29) is 17.4 Å². The van der Waals surface area contributed by atoms with Crippen LogP contribution in [0.25, 0.3) is 16.9 Å². The minimum atomic E-state index is -0.697. The summed E-state index contributed by atoms with van der Waals surface area (Å²) in [5.74, 6) is -0.0267. The second-order valence-corrected chi connectivity index (χ2v) is 7.51. The van der Waals surface area contributed by atoms with Crippen LogP contribution in [0.2, 0.25) is 0 Å². The summed E-state index contributed by atoms with van der Waals surface area (Å²) in [7, 11) is 0. The molecule has 9 nitrogen and oxygen atoms in total. The highest BCUT2D eigenvalue weighted by Gasteiger charge is 2.28. The van der Waals surface area contributed by atoms with Gasteiger partial charge in [0.15, 0.2) is 0 Å². The zero-order valence-electron chi connectivity index (χ0n) is 17.6. The molecule has 0 aliphatic carbocycles. The molecule has 3 aromatic heterocycles. The minimum absolute atomic E-state index is 0.148. The molecule has 1 aromatic carbocycles. The van der Waals surface area contributed by atoms with Gasteiger partial charge in [-0.05, 0) is 19.4 Å². The van der Waals surface area contributed by atoms with Crippen LogP contribution in [0.1, 0.15) is 23.7 Å². The molecule has 0 radical (unpaired) electrons. The molecule has 0 unspecified atom stereocenters. The first-order chi connectivity index (χ1) is 15.6. The number of aromatic nitrogens is 4. The van der Waals surface area contributed by atoms with Crippen molar-refractivity contribution in [2.75, 3.05) is 18.4 Å². The van der Waals surface area contributed by atoms with E-state index in [1.54, 1.807) is 17.0 Å². The van der Waals surface area contributed by atoms with Gasteiger partial charge in [-0.3, -0.25) is 10.1 Å². The summed E-state index contributed by atoms with van der Waals surface area (Å²) in [6.45, 7) is 3.75. The zero-order valence-corrected chi connectivity index (χ0v) is 17.6. The van der Waals surface area contributed by atoms with Gasteiger partial charge >= 0.3 is 6.09 Å². The van der Waals surface area contributed by atoms with Crippen LogP contribution in [0.15, 0.2) is 61.1 Å². The molecule has 5 rings (SSSR count). The third kappa shape index (κ3) is 3.68. The van der Waals surface area contributed by atoms with Gasteiger partial charge in [0.25, 0.3) is 5.91 Å². The first-order valence-electron chi connectivity index (χ1n) is 10.5. The van der Waals surface area contributed by atoms with Gasteiger partial charge in [0.2, 0.25) is 5.88 Å². The average molecular weight is 430 g/mol. The fourth-order valence-electron chi connectivity index (χ4n) is 3.58. The number of hydrogen-bond acceptors (Lipinski definition) is 5. The van der Waals surface area contributed by atoms with Gasteiger partial charge < -0.3 is 14.0 Å². The SMILES string of the molecule is CCn1ncc(C(=O)N2CCC2)c1OC(=O)Nc1ccn2cc(-c3ccccc3)nc2c1. The number of imidazole rings is 1. The Hall–Kier alpha value is -4.14. The number of ether oxygens (including phenoxy) is 1. The van der Waals surface area contributed by atoms with Gasteiger partial charge in [0.1, 0.15) is 11.2 Å². The first-order valence-corrected chi connectivity index (χ1v) is 10.5. The van der Waals surface area contributed by atoms with Crippen molar-refractivity contribution < 1.29 is 14.3 Å². The van der Waals surface area contributed by atoms with Gasteiger partial charge in [0, 0.05) is 49.3 Å². The molecule has 32 heavy (non-hydrogen) atoms. The number of pyridine rings is 1. The fraction of sp³-hybridized carbons (Fsp3) is 0.217. The number of hydrogen-bond donors (Lipinski definition) is 1. The number of carbonyl (C=O) groups is 2. The van der Waals surface area contributed by atoms with Crippen molar-refractivity contribution in [2.45, 2.75) is 19.9 Å². The van der Waals surface area contributed by atoms with Crippen LogP contribution >= 0.6 is 0 Å². The molecular weight excluding hydrogens is 408 g/mol. The summed E-state index contributed by atoms with van der Waals surface area (Å²) in [5, 5.41) is 6.90. The highest BCUT2D eigenvalue weighted by Crippen LogP contribution is 2.24. The number of anilines is 1. The average Bonchev–Trinajstić information content (AvgIpc) is 3.36. The van der Waals surface area contributed by atoms with Gasteiger partial charge in [0.05, 0.1) is 11.9 Å². The number of fused-ring (bicyclic) bond motifs is 1. The van der Waals surface area contributed by atoms with Crippen LogP contribution in [0, 0.1) is 0 Å². The van der Waals surface area contributed by atoms with Crippen molar-refractivity contribution in [3.05, 3.63) is 66.6 Å². The maximum Gasteiger partial charge on any atom is 0.418 e. The second-order valence-electron chi connectivity index (χ2n) is 7.51. The fourth-order valence-corrected chi connectivity index (χ4v) is 3.58. The lowest BCUT2D eigenvalue weighted by Crippen LogP contribution is -2.42. The van der Waals surface area contributed by atoms with Crippen LogP contribution in [-0.4, -0.2) is 49.2 Å². The molecule has 0 spiro atoms. The van der Waals surface area contributed by atoms with Gasteiger partial charge in [-0.1, -0.05) is 30.3 Å². The van der Waals surface area contributed by atoms with E-state index in [9.17, 15) is 9.59 Å². The van der Waals surface area contributed by atoms with E-state index in [1.807, 2.05) is 54.0 Å². The number of likely N-dealkylation sites (tertiary alicyclic amines) is 1. The lowest BCUT2D eigenvalue weighted by Gasteiger charge is -2.30. The molecule has 0 atom stereocenters. The monoisotopic (exact) mass is 430 g/mol. The summed E-state index contributed by atoms with van der Waals surface area (Å²) in [6, 6.07) is 13.4. The third-order valence-corrected chi connectivity index (χ3v) is 5.43. The van der Waals surface area contributed by atoms with E-state index in [0.717, 1.165) is 17.7 Å². The van der Waals surface area contributed by atoms with Crippen molar-refractivity contribution in [2.24, 2.45) is 0 Å². The Kier molecular flexibility index (Phi) is 5.06. The van der Waals surface area contributed by atoms with Crippen molar-refractivity contribution in [3.8, 4) is 17.1 Å². The Morgan fingerprint density at radius 2 is 1.97 bits per heavy atom. The molecule has 4 aromatic rings. The molecule has 1 fully saturated rings. The summed E-state index contributed by atoms with van der Waals surface area (Å²) in [6.07, 6.45) is 5.48. The van der Waals surface area contributed by atoms with Gasteiger partial charge in [-0.15, -0.1) is 0 Å². The molecule has 0 bridgehead atoms. The third-order valence-electron chi connectivity index (χ3n) is 5.43. The number of nitrogens with one attached hydrogen (secondary N) is 1. The van der Waals surface area contributed by atoms with Crippen molar-refractivity contribution in [1.82, 2.24) is 24.1 Å². The number of carbonyl (C=O) groups excluding carboxylic acids is 2. The van der Waals surface area contributed by atoms with E-state index in [1.165, 1.54) is 10.9 Å². The van der Waals surface area contributed by atoms with Crippen molar-refractivity contribution >= 4 is 23.3 Å². The maximum atomic E-state index is 12.6. The Labute approximate surface area is 184 Å². The molecule has 1 aliphatic rings. The number of rotatable bonds is 5. The number of nitrogens with zero attached hydrogens (tertiary/aromatic N) is 5. The van der Waals surface area contributed by atoms with Crippen molar-refractivity contribution in [1.29, 1.82) is 0 Å². The topological polar surface area (TPSA) is 93.8 Å². The predicted octanol–water partition coefficient (Wildman–Crippen LogP) is 3.67. The van der Waals surface area contributed by atoms with Crippen molar-refractivity contribution in [3.63, 3.8) is 0 Å². The number of amides is 2. The van der Waals surface area contributed by atoms with E-state index in [2.05, 4.69) is 15.4 Å². The molecule has 0 saturated carbocycles. The highest BCUT2D eigenvalue weighted by atomic mass is 16.6. The molecule has 1 N–H and O–H groups in total. The van der Waals surface area contributed by atoms with Crippen LogP contribution in [0.4, 0.5) is 10.5 Å². The Balaban J connectivity index is 1.34. The second kappa shape index (κ2) is 8.18. The maximum absolute atomic E-state index is 12.6. The van der Waals surface area contributed by atoms with E-state index >= 15 is 0 Å². The summed E-state index contributed by atoms with van der Waals surface area (Å²) in [4.78, 5) is 31.6. The number of benzene rings is 1. The van der Waals surface area contributed by atoms with Crippen LogP contribution in [0.3, 0.4) is 0 Å². The Morgan fingerprint density at radius 3 is 2.69 bits per heavy atom. The van der Waals surface area contributed by atoms with Gasteiger partial charge in [-0.2, -0.15) is 5.10 Å². The molecule has 1 saturated heterocycles. The largest absolute Gasteiger partial charge is 0.418 e. The lowest BCUT2D eigenvalue weighted by molar-refractivity contribution is 0.0649. The van der Waals surface area contributed by atoms with E-state index in [0.29, 0.717) is 31.0 Å². The predicted molar refractivity (Wildman–Crippen MR) is 119 cm³/mol. The smallest absolute Gasteiger partial charge is 0.390 e. The van der Waals surface area contributed by atoms with Crippen LogP contribution < -0.4 is 10.1 Å². The Bertz CT molecular complexity index is 1290. The van der Waals surface area contributed by atoms with Gasteiger partial charge in [-0.25, -0.2) is 14.5 Å². The normalized spacial score (nSPS) is 13.1. The molecular formula is C23H22N6O3. The quantitative estimate of drug-likeness (QED) is 0.521. The molecule has 4 heterocycles. The summed E-state index contributed by atoms with van der Waals surface area (Å²) in [5.41, 5.74) is 3.36. The lowest BCUT2D eigenvalue weighted by atomic mass is 10.2. The Morgan fingerprint density at radius 1 is 1.16 bits per heavy atom. The summed E-state index contributed by atoms with van der Waals surface area (Å²) >= 11 is 0. The van der Waals surface area contributed by atoms with Crippen LogP contribution in [0.5, 0.6) is 5.88 Å². The number of aryl methyl sites for hydroxylation is 1.